The Balaban J connectivity index is 2.25. The van der Waals surface area contributed by atoms with Gasteiger partial charge in [0.2, 0.25) is 0 Å². The molecule has 0 bridgehead atoms. The summed E-state index contributed by atoms with van der Waals surface area (Å²) in [6.45, 7) is 2.10. The molecule has 1 aromatic rings. The summed E-state index contributed by atoms with van der Waals surface area (Å²) in [4.78, 5) is 10.7. The van der Waals surface area contributed by atoms with Crippen molar-refractivity contribution in [2.75, 3.05) is 5.75 Å². The van der Waals surface area contributed by atoms with E-state index in [1.165, 1.54) is 12.1 Å². The minimum Gasteiger partial charge on any atom is -0.480 e. The fourth-order valence-corrected chi connectivity index (χ4v) is 3.82. The van der Waals surface area contributed by atoms with Crippen molar-refractivity contribution in [3.05, 3.63) is 35.6 Å². The smallest absolute Gasteiger partial charge is 0.321 e. The summed E-state index contributed by atoms with van der Waals surface area (Å²) in [6, 6.07) is 5.82. The van der Waals surface area contributed by atoms with E-state index < -0.39 is 16.9 Å². The maximum atomic E-state index is 13.0. The lowest BCUT2D eigenvalue weighted by molar-refractivity contribution is -0.138. The van der Waals surface area contributed by atoms with Gasteiger partial charge in [-0.3, -0.25) is 10.1 Å². The summed E-state index contributed by atoms with van der Waals surface area (Å²) in [7, 11) is 0. The molecule has 1 aromatic carbocycles. The van der Waals surface area contributed by atoms with Crippen LogP contribution in [0.4, 0.5) is 4.39 Å². The van der Waals surface area contributed by atoms with Crippen molar-refractivity contribution in [2.45, 2.75) is 37.1 Å². The van der Waals surface area contributed by atoms with Crippen LogP contribution in [0.25, 0.3) is 0 Å². The highest BCUT2D eigenvalue weighted by Crippen LogP contribution is 2.43. The summed E-state index contributed by atoms with van der Waals surface area (Å²) in [5, 5.41) is 12.3. The molecule has 19 heavy (non-hydrogen) atoms. The highest BCUT2D eigenvalue weighted by molar-refractivity contribution is 8.00. The molecule has 2 unspecified atom stereocenters. The molecule has 0 saturated carbocycles. The van der Waals surface area contributed by atoms with E-state index in [1.807, 2.05) is 0 Å². The standard InChI is InChI=1S/C14H18FNO2S/c1-2-3-8-14(10-4-6-11(15)7-5-10)16-12(9-19-14)13(17)18/h4-7,12,16H,2-3,8-9H2,1H3,(H,17,18). The lowest BCUT2D eigenvalue weighted by Crippen LogP contribution is -2.43. The second kappa shape index (κ2) is 5.92. The molecule has 2 rings (SSSR count). The Morgan fingerprint density at radius 1 is 1.53 bits per heavy atom. The van der Waals surface area contributed by atoms with E-state index in [-0.39, 0.29) is 5.82 Å². The monoisotopic (exact) mass is 283 g/mol. The number of unbranched alkanes of at least 4 members (excludes halogenated alkanes) is 1. The highest BCUT2D eigenvalue weighted by atomic mass is 32.2. The topological polar surface area (TPSA) is 49.3 Å². The van der Waals surface area contributed by atoms with Gasteiger partial charge < -0.3 is 5.11 Å². The summed E-state index contributed by atoms with van der Waals surface area (Å²) in [5.41, 5.74) is 0.955. The van der Waals surface area contributed by atoms with Crippen LogP contribution < -0.4 is 5.32 Å². The summed E-state index contributed by atoms with van der Waals surface area (Å²) >= 11 is 1.61. The van der Waals surface area contributed by atoms with E-state index in [1.54, 1.807) is 23.9 Å². The van der Waals surface area contributed by atoms with Gasteiger partial charge in [-0.05, 0) is 24.1 Å². The average molecular weight is 283 g/mol. The van der Waals surface area contributed by atoms with Gasteiger partial charge in [0.15, 0.2) is 0 Å². The molecule has 2 atom stereocenters. The van der Waals surface area contributed by atoms with E-state index in [0.717, 1.165) is 24.8 Å². The van der Waals surface area contributed by atoms with Gasteiger partial charge in [0.1, 0.15) is 11.9 Å². The molecular weight excluding hydrogens is 265 g/mol. The van der Waals surface area contributed by atoms with Crippen LogP contribution in [0.3, 0.4) is 0 Å². The molecule has 1 saturated heterocycles. The fourth-order valence-electron chi connectivity index (χ4n) is 2.32. The van der Waals surface area contributed by atoms with Gasteiger partial charge in [0.25, 0.3) is 0 Å². The lowest BCUT2D eigenvalue weighted by Gasteiger charge is -2.30. The van der Waals surface area contributed by atoms with Gasteiger partial charge in [-0.1, -0.05) is 31.9 Å². The summed E-state index contributed by atoms with van der Waals surface area (Å²) in [6.07, 6.45) is 2.90. The SMILES string of the molecule is CCCCC1(c2ccc(F)cc2)NC(C(=O)O)CS1. The second-order valence-electron chi connectivity index (χ2n) is 4.78. The number of halogens is 1. The minimum absolute atomic E-state index is 0.271. The zero-order chi connectivity index (χ0) is 13.9. The van der Waals surface area contributed by atoms with Crippen molar-refractivity contribution in [1.29, 1.82) is 0 Å². The number of thioether (sulfide) groups is 1. The predicted octanol–water partition coefficient (Wildman–Crippen LogP) is 2.96. The first-order chi connectivity index (χ1) is 9.07. The molecule has 0 amide bonds. The summed E-state index contributed by atoms with van der Waals surface area (Å²) < 4.78 is 13.0. The molecule has 0 radical (unpaired) electrons. The molecule has 5 heteroatoms. The Kier molecular flexibility index (Phi) is 4.47. The molecule has 1 aliphatic heterocycles. The maximum Gasteiger partial charge on any atom is 0.321 e. The number of rotatable bonds is 5. The molecule has 1 aliphatic rings. The Bertz CT molecular complexity index is 451. The van der Waals surface area contributed by atoms with Crippen LogP contribution in [0.1, 0.15) is 31.7 Å². The molecule has 0 aliphatic carbocycles. The average Bonchev–Trinajstić information content (AvgIpc) is 2.83. The molecule has 1 fully saturated rings. The van der Waals surface area contributed by atoms with Crippen molar-refractivity contribution in [1.82, 2.24) is 5.32 Å². The van der Waals surface area contributed by atoms with Crippen molar-refractivity contribution >= 4 is 17.7 Å². The first kappa shape index (κ1) is 14.3. The van der Waals surface area contributed by atoms with Crippen molar-refractivity contribution < 1.29 is 14.3 Å². The number of nitrogens with one attached hydrogen (secondary N) is 1. The van der Waals surface area contributed by atoms with Crippen LogP contribution in [0.15, 0.2) is 24.3 Å². The minimum atomic E-state index is -0.826. The third kappa shape index (κ3) is 3.09. The van der Waals surface area contributed by atoms with Gasteiger partial charge in [0, 0.05) is 5.75 Å². The first-order valence-corrected chi connectivity index (χ1v) is 7.46. The van der Waals surface area contributed by atoms with Gasteiger partial charge in [-0.25, -0.2) is 4.39 Å². The molecule has 104 valence electrons. The van der Waals surface area contributed by atoms with Crippen LogP contribution in [-0.4, -0.2) is 22.9 Å². The number of carbonyl (C=O) groups is 1. The Labute approximate surface area is 116 Å². The largest absolute Gasteiger partial charge is 0.480 e. The van der Waals surface area contributed by atoms with E-state index in [0.29, 0.717) is 5.75 Å². The lowest BCUT2D eigenvalue weighted by atomic mass is 9.99. The van der Waals surface area contributed by atoms with Crippen LogP contribution in [0, 0.1) is 5.82 Å². The number of carboxylic acids is 1. The Hall–Kier alpha value is -1.07. The van der Waals surface area contributed by atoms with Crippen molar-refractivity contribution in [3.63, 3.8) is 0 Å². The number of carboxylic acid groups (broad SMARTS) is 1. The van der Waals surface area contributed by atoms with E-state index in [2.05, 4.69) is 12.2 Å². The third-order valence-corrected chi connectivity index (χ3v) is 4.95. The van der Waals surface area contributed by atoms with E-state index >= 15 is 0 Å². The quantitative estimate of drug-likeness (QED) is 0.872. The number of benzene rings is 1. The van der Waals surface area contributed by atoms with Crippen LogP contribution in [0.5, 0.6) is 0 Å². The van der Waals surface area contributed by atoms with Gasteiger partial charge in [-0.15, -0.1) is 11.8 Å². The maximum absolute atomic E-state index is 13.0. The molecule has 3 nitrogen and oxygen atoms in total. The van der Waals surface area contributed by atoms with Crippen molar-refractivity contribution in [2.24, 2.45) is 0 Å². The van der Waals surface area contributed by atoms with Crippen LogP contribution in [-0.2, 0) is 9.67 Å². The second-order valence-corrected chi connectivity index (χ2v) is 6.10. The van der Waals surface area contributed by atoms with Crippen LogP contribution >= 0.6 is 11.8 Å². The van der Waals surface area contributed by atoms with Crippen molar-refractivity contribution in [3.8, 4) is 0 Å². The zero-order valence-corrected chi connectivity index (χ0v) is 11.7. The van der Waals surface area contributed by atoms with Gasteiger partial charge in [-0.2, -0.15) is 0 Å². The number of hydrogen-bond acceptors (Lipinski definition) is 3. The first-order valence-electron chi connectivity index (χ1n) is 6.48. The normalized spacial score (nSPS) is 26.5. The fraction of sp³-hybridized carbons (Fsp3) is 0.500. The highest BCUT2D eigenvalue weighted by Gasteiger charge is 2.42. The predicted molar refractivity (Wildman–Crippen MR) is 74.6 cm³/mol. The molecular formula is C14H18FNO2S. The Morgan fingerprint density at radius 3 is 2.74 bits per heavy atom. The molecule has 1 heterocycles. The third-order valence-electron chi connectivity index (χ3n) is 3.39. The van der Waals surface area contributed by atoms with Gasteiger partial charge in [0.05, 0.1) is 4.87 Å². The molecule has 0 spiro atoms. The Morgan fingerprint density at radius 2 is 2.21 bits per heavy atom. The summed E-state index contributed by atoms with van der Waals surface area (Å²) in [5.74, 6) is -0.559. The van der Waals surface area contributed by atoms with E-state index in [9.17, 15) is 9.18 Å². The van der Waals surface area contributed by atoms with E-state index in [4.69, 9.17) is 5.11 Å². The number of hydrogen-bond donors (Lipinski definition) is 2. The molecule has 0 aromatic heterocycles. The van der Waals surface area contributed by atoms with Gasteiger partial charge >= 0.3 is 5.97 Å². The molecule has 2 N–H and O–H groups in total. The number of aliphatic carboxylic acids is 1. The van der Waals surface area contributed by atoms with Crippen LogP contribution in [0.2, 0.25) is 0 Å². The zero-order valence-electron chi connectivity index (χ0n) is 10.9.